The second-order valence-corrected chi connectivity index (χ2v) is 6.21. The Morgan fingerprint density at radius 1 is 1.21 bits per heavy atom. The van der Waals surface area contributed by atoms with Gasteiger partial charge in [-0.25, -0.2) is 0 Å². The third-order valence-corrected chi connectivity index (χ3v) is 4.21. The molecule has 1 aliphatic carbocycles. The van der Waals surface area contributed by atoms with E-state index in [0.717, 1.165) is 12.8 Å². The van der Waals surface area contributed by atoms with Gasteiger partial charge in [-0.2, -0.15) is 0 Å². The van der Waals surface area contributed by atoms with Gasteiger partial charge in [-0.05, 0) is 44.1 Å². The summed E-state index contributed by atoms with van der Waals surface area (Å²) < 4.78 is 10.9. The predicted molar refractivity (Wildman–Crippen MR) is 98.5 cm³/mol. The first-order valence-electron chi connectivity index (χ1n) is 8.62. The normalized spacial score (nSPS) is 14.9. The molecule has 0 spiro atoms. The quantitative estimate of drug-likeness (QED) is 0.585. The minimum atomic E-state index is -0.254. The Balaban J connectivity index is 1.87. The Labute approximate surface area is 149 Å². The molecule has 6 heteroatoms. The lowest BCUT2D eigenvalue weighted by Crippen LogP contribution is -2.45. The van der Waals surface area contributed by atoms with Crippen LogP contribution in [-0.2, 0) is 4.74 Å². The summed E-state index contributed by atoms with van der Waals surface area (Å²) in [4.78, 5) is 12.5. The number of ether oxygens (including phenoxy) is 2. The van der Waals surface area contributed by atoms with Gasteiger partial charge < -0.3 is 14.8 Å². The fourth-order valence-corrected chi connectivity index (χ4v) is 3.03. The number of hydrogen-bond acceptors (Lipinski definition) is 4. The van der Waals surface area contributed by atoms with Crippen LogP contribution in [0.3, 0.4) is 0 Å². The van der Waals surface area contributed by atoms with Crippen LogP contribution in [0, 0.1) is 0 Å². The van der Waals surface area contributed by atoms with Crippen LogP contribution in [0.15, 0.2) is 24.3 Å². The van der Waals surface area contributed by atoms with Crippen molar-refractivity contribution in [2.75, 3.05) is 19.8 Å². The topological polar surface area (TPSA) is 59.6 Å². The highest BCUT2D eigenvalue weighted by Gasteiger charge is 2.17. The van der Waals surface area contributed by atoms with Gasteiger partial charge in [0.25, 0.3) is 5.91 Å². The zero-order valence-electron chi connectivity index (χ0n) is 14.2. The number of nitrogens with one attached hydrogen (secondary N) is 2. The van der Waals surface area contributed by atoms with Crippen molar-refractivity contribution in [1.82, 2.24) is 10.6 Å². The Bertz CT molecular complexity index is 545. The molecule has 1 aromatic carbocycles. The smallest absolute Gasteiger partial charge is 0.261 e. The van der Waals surface area contributed by atoms with E-state index >= 15 is 0 Å². The Morgan fingerprint density at radius 3 is 2.71 bits per heavy atom. The molecule has 2 N–H and O–H groups in total. The van der Waals surface area contributed by atoms with Crippen LogP contribution in [0.5, 0.6) is 5.75 Å². The molecule has 1 saturated carbocycles. The third kappa shape index (κ3) is 6.09. The van der Waals surface area contributed by atoms with Gasteiger partial charge in [0.15, 0.2) is 5.11 Å². The van der Waals surface area contributed by atoms with Gasteiger partial charge in [-0.15, -0.1) is 0 Å². The van der Waals surface area contributed by atoms with Gasteiger partial charge in [-0.3, -0.25) is 10.1 Å². The molecule has 0 atom stereocenters. The molecule has 1 amide bonds. The van der Waals surface area contributed by atoms with Gasteiger partial charge >= 0.3 is 0 Å². The first kappa shape index (κ1) is 18.7. The lowest BCUT2D eigenvalue weighted by atomic mass is 9.96. The third-order valence-electron chi connectivity index (χ3n) is 3.99. The van der Waals surface area contributed by atoms with Crippen molar-refractivity contribution in [1.29, 1.82) is 0 Å². The average molecular weight is 350 g/mol. The van der Waals surface area contributed by atoms with Crippen LogP contribution < -0.4 is 15.4 Å². The zero-order valence-corrected chi connectivity index (χ0v) is 15.0. The molecule has 5 nitrogen and oxygen atoms in total. The molecule has 1 aromatic rings. The van der Waals surface area contributed by atoms with E-state index < -0.39 is 0 Å². The standard InChI is InChI=1S/C18H26N2O3S/c1-2-22-12-13-23-16-11-7-6-10-15(16)17(21)20-18(24)19-14-8-4-3-5-9-14/h6-7,10-11,14H,2-5,8-9,12-13H2,1H3,(H2,19,20,21,24). The van der Waals surface area contributed by atoms with Gasteiger partial charge in [0.2, 0.25) is 0 Å². The van der Waals surface area contributed by atoms with E-state index in [1.807, 2.05) is 19.1 Å². The molecule has 0 saturated heterocycles. The lowest BCUT2D eigenvalue weighted by molar-refractivity contribution is 0.0957. The largest absolute Gasteiger partial charge is 0.490 e. The molecule has 2 rings (SSSR count). The van der Waals surface area contributed by atoms with E-state index in [9.17, 15) is 4.79 Å². The Kier molecular flexibility index (Phi) is 7.98. The van der Waals surface area contributed by atoms with Gasteiger partial charge in [0.05, 0.1) is 12.2 Å². The minimum absolute atomic E-state index is 0.254. The maximum absolute atomic E-state index is 12.5. The van der Waals surface area contributed by atoms with Crippen molar-refractivity contribution >= 4 is 23.2 Å². The SMILES string of the molecule is CCOCCOc1ccccc1C(=O)NC(=S)NC1CCCCC1. The maximum Gasteiger partial charge on any atom is 0.261 e. The molecule has 1 aliphatic rings. The molecule has 0 radical (unpaired) electrons. The second kappa shape index (κ2) is 10.3. The van der Waals surface area contributed by atoms with Crippen molar-refractivity contribution in [3.8, 4) is 5.75 Å². The number of carbonyl (C=O) groups is 1. The van der Waals surface area contributed by atoms with Crippen molar-refractivity contribution in [2.24, 2.45) is 0 Å². The van der Waals surface area contributed by atoms with Crippen LogP contribution in [0.2, 0.25) is 0 Å². The number of hydrogen-bond donors (Lipinski definition) is 2. The fourth-order valence-electron chi connectivity index (χ4n) is 2.77. The second-order valence-electron chi connectivity index (χ2n) is 5.80. The highest BCUT2D eigenvalue weighted by molar-refractivity contribution is 7.80. The molecule has 1 fully saturated rings. The summed E-state index contributed by atoms with van der Waals surface area (Å²) in [5.74, 6) is 0.283. The average Bonchev–Trinajstić information content (AvgIpc) is 2.60. The van der Waals surface area contributed by atoms with Gasteiger partial charge in [0, 0.05) is 12.6 Å². The van der Waals surface area contributed by atoms with E-state index in [1.54, 1.807) is 12.1 Å². The van der Waals surface area contributed by atoms with Gasteiger partial charge in [0.1, 0.15) is 12.4 Å². The summed E-state index contributed by atoms with van der Waals surface area (Å²) in [6, 6.07) is 7.52. The highest BCUT2D eigenvalue weighted by Crippen LogP contribution is 2.19. The van der Waals surface area contributed by atoms with E-state index in [4.69, 9.17) is 21.7 Å². The molecular weight excluding hydrogens is 324 g/mol. The van der Waals surface area contributed by atoms with Crippen molar-refractivity contribution in [3.63, 3.8) is 0 Å². The molecule has 0 aromatic heterocycles. The van der Waals surface area contributed by atoms with E-state index in [2.05, 4.69) is 10.6 Å². The van der Waals surface area contributed by atoms with Crippen molar-refractivity contribution < 1.29 is 14.3 Å². The number of para-hydroxylation sites is 1. The van der Waals surface area contributed by atoms with Crippen molar-refractivity contribution in [2.45, 2.75) is 45.1 Å². The molecule has 132 valence electrons. The number of rotatable bonds is 7. The van der Waals surface area contributed by atoms with Crippen LogP contribution in [-0.4, -0.2) is 36.9 Å². The first-order chi connectivity index (χ1) is 11.7. The Hall–Kier alpha value is -1.66. The summed E-state index contributed by atoms with van der Waals surface area (Å²) in [6.07, 6.45) is 5.92. The first-order valence-corrected chi connectivity index (χ1v) is 9.03. The number of carbonyl (C=O) groups excluding carboxylic acids is 1. The summed E-state index contributed by atoms with van der Waals surface area (Å²) >= 11 is 5.27. The summed E-state index contributed by atoms with van der Waals surface area (Å²) in [7, 11) is 0. The van der Waals surface area contributed by atoms with Crippen molar-refractivity contribution in [3.05, 3.63) is 29.8 Å². The maximum atomic E-state index is 12.5. The van der Waals surface area contributed by atoms with Crippen LogP contribution in [0.4, 0.5) is 0 Å². The summed E-state index contributed by atoms with van der Waals surface area (Å²) in [5, 5.41) is 6.38. The number of amides is 1. The highest BCUT2D eigenvalue weighted by atomic mass is 32.1. The Morgan fingerprint density at radius 2 is 1.96 bits per heavy atom. The molecule has 0 heterocycles. The lowest BCUT2D eigenvalue weighted by Gasteiger charge is -2.24. The van der Waals surface area contributed by atoms with E-state index in [-0.39, 0.29) is 5.91 Å². The molecule has 24 heavy (non-hydrogen) atoms. The van der Waals surface area contributed by atoms with E-state index in [0.29, 0.717) is 42.3 Å². The molecule has 0 unspecified atom stereocenters. The zero-order chi connectivity index (χ0) is 17.2. The number of benzene rings is 1. The number of thiocarbonyl (C=S) groups is 1. The van der Waals surface area contributed by atoms with Crippen LogP contribution in [0.1, 0.15) is 49.4 Å². The summed E-state index contributed by atoms with van der Waals surface area (Å²) in [6.45, 7) is 3.48. The van der Waals surface area contributed by atoms with Gasteiger partial charge in [-0.1, -0.05) is 31.4 Å². The molecule has 0 bridgehead atoms. The predicted octanol–water partition coefficient (Wildman–Crippen LogP) is 3.04. The van der Waals surface area contributed by atoms with Crippen LogP contribution in [0.25, 0.3) is 0 Å². The van der Waals surface area contributed by atoms with Crippen LogP contribution >= 0.6 is 12.2 Å². The molecular formula is C18H26N2O3S. The minimum Gasteiger partial charge on any atom is -0.490 e. The fraction of sp³-hybridized carbons (Fsp3) is 0.556. The molecule has 0 aliphatic heterocycles. The monoisotopic (exact) mass is 350 g/mol. The summed E-state index contributed by atoms with van der Waals surface area (Å²) in [5.41, 5.74) is 0.474. The van der Waals surface area contributed by atoms with E-state index in [1.165, 1.54) is 19.3 Å².